The summed E-state index contributed by atoms with van der Waals surface area (Å²) in [5, 5.41) is 0.0488. The Hall–Kier alpha value is -1.67. The van der Waals surface area contributed by atoms with Crippen LogP contribution in [-0.2, 0) is 6.42 Å². The number of hydrogen-bond acceptors (Lipinski definition) is 1. The van der Waals surface area contributed by atoms with Gasteiger partial charge in [0, 0.05) is 12.0 Å². The van der Waals surface area contributed by atoms with E-state index in [4.69, 9.17) is 11.6 Å². The van der Waals surface area contributed by atoms with Gasteiger partial charge in [0.05, 0.1) is 5.02 Å². The lowest BCUT2D eigenvalue weighted by molar-refractivity contribution is 0.0990. The number of benzene rings is 2. The second-order valence-electron chi connectivity index (χ2n) is 5.09. The van der Waals surface area contributed by atoms with Crippen LogP contribution in [0.25, 0.3) is 0 Å². The van der Waals surface area contributed by atoms with Crippen LogP contribution in [-0.4, -0.2) is 5.78 Å². The topological polar surface area (TPSA) is 17.1 Å². The summed E-state index contributed by atoms with van der Waals surface area (Å²) in [6, 6.07) is 8.66. The number of aryl methyl sites for hydroxylation is 3. The van der Waals surface area contributed by atoms with Crippen molar-refractivity contribution in [2.45, 2.75) is 27.2 Å². The van der Waals surface area contributed by atoms with E-state index in [0.717, 1.165) is 16.7 Å². The van der Waals surface area contributed by atoms with E-state index in [1.807, 2.05) is 32.9 Å². The molecule has 0 unspecified atom stereocenters. The molecule has 0 bridgehead atoms. The smallest absolute Gasteiger partial charge is 0.167 e. The van der Waals surface area contributed by atoms with Crippen molar-refractivity contribution in [2.75, 3.05) is 0 Å². The van der Waals surface area contributed by atoms with Gasteiger partial charge in [-0.05, 0) is 43.5 Å². The summed E-state index contributed by atoms with van der Waals surface area (Å²) in [6.45, 7) is 5.80. The maximum absolute atomic E-state index is 13.9. The van der Waals surface area contributed by atoms with E-state index in [-0.39, 0.29) is 17.2 Å². The Morgan fingerprint density at radius 3 is 2.35 bits per heavy atom. The molecular weight excluding hydrogens is 275 g/mol. The van der Waals surface area contributed by atoms with E-state index in [1.54, 1.807) is 12.1 Å². The molecule has 3 heteroatoms. The second-order valence-corrected chi connectivity index (χ2v) is 5.49. The Morgan fingerprint density at radius 2 is 1.75 bits per heavy atom. The highest BCUT2D eigenvalue weighted by molar-refractivity contribution is 6.30. The maximum atomic E-state index is 13.9. The van der Waals surface area contributed by atoms with Crippen LogP contribution in [0.5, 0.6) is 0 Å². The quantitative estimate of drug-likeness (QED) is 0.740. The van der Waals surface area contributed by atoms with Gasteiger partial charge >= 0.3 is 0 Å². The zero-order valence-electron chi connectivity index (χ0n) is 11.8. The molecule has 0 aromatic heterocycles. The number of Topliss-reactive ketones (excluding diaryl/α,β-unsaturated/α-hetero) is 1. The number of carbonyl (C=O) groups is 1. The Bertz CT molecular complexity index is 654. The molecule has 0 radical (unpaired) electrons. The van der Waals surface area contributed by atoms with Crippen molar-refractivity contribution in [1.29, 1.82) is 0 Å². The van der Waals surface area contributed by atoms with E-state index >= 15 is 0 Å². The molecule has 0 spiro atoms. The van der Waals surface area contributed by atoms with Crippen LogP contribution in [0.4, 0.5) is 4.39 Å². The molecule has 0 heterocycles. The third-order valence-corrected chi connectivity index (χ3v) is 3.63. The Morgan fingerprint density at radius 1 is 1.15 bits per heavy atom. The van der Waals surface area contributed by atoms with Crippen molar-refractivity contribution in [3.05, 3.63) is 69.0 Å². The second kappa shape index (κ2) is 5.76. The molecule has 0 aliphatic heterocycles. The number of ketones is 1. The minimum absolute atomic E-state index is 0.0249. The highest BCUT2D eigenvalue weighted by atomic mass is 35.5. The first-order valence-corrected chi connectivity index (χ1v) is 6.82. The fraction of sp³-hybridized carbons (Fsp3) is 0.235. The van der Waals surface area contributed by atoms with Crippen molar-refractivity contribution in [3.63, 3.8) is 0 Å². The number of hydrogen-bond donors (Lipinski definition) is 0. The summed E-state index contributed by atoms with van der Waals surface area (Å²) in [4.78, 5) is 12.4. The van der Waals surface area contributed by atoms with Crippen molar-refractivity contribution in [1.82, 2.24) is 0 Å². The fourth-order valence-electron chi connectivity index (χ4n) is 2.57. The van der Waals surface area contributed by atoms with Crippen LogP contribution in [0, 0.1) is 26.6 Å². The number of carbonyl (C=O) groups excluding carboxylic acids is 1. The van der Waals surface area contributed by atoms with E-state index in [0.29, 0.717) is 11.1 Å². The molecule has 0 aliphatic carbocycles. The normalized spacial score (nSPS) is 10.7. The van der Waals surface area contributed by atoms with Crippen LogP contribution in [0.1, 0.15) is 32.6 Å². The van der Waals surface area contributed by atoms with Gasteiger partial charge in [-0.15, -0.1) is 0 Å². The van der Waals surface area contributed by atoms with Gasteiger partial charge in [-0.1, -0.05) is 41.4 Å². The van der Waals surface area contributed by atoms with Gasteiger partial charge in [-0.3, -0.25) is 4.79 Å². The third-order valence-electron chi connectivity index (χ3n) is 3.34. The first-order valence-electron chi connectivity index (χ1n) is 6.44. The summed E-state index contributed by atoms with van der Waals surface area (Å²) in [6.07, 6.45) is 0.0249. The van der Waals surface area contributed by atoms with Gasteiger partial charge < -0.3 is 0 Å². The molecule has 1 nitrogen and oxygen atoms in total. The molecule has 0 atom stereocenters. The SMILES string of the molecule is Cc1cc(C)c(C(=O)Cc2cccc(Cl)c2F)c(C)c1. The first-order chi connectivity index (χ1) is 9.40. The van der Waals surface area contributed by atoms with Crippen LogP contribution in [0.2, 0.25) is 5.02 Å². The van der Waals surface area contributed by atoms with Crippen LogP contribution in [0.3, 0.4) is 0 Å². The molecule has 0 aliphatic rings. The largest absolute Gasteiger partial charge is 0.294 e. The number of halogens is 2. The number of rotatable bonds is 3. The molecule has 0 amide bonds. The zero-order valence-corrected chi connectivity index (χ0v) is 12.5. The highest BCUT2D eigenvalue weighted by Crippen LogP contribution is 2.22. The highest BCUT2D eigenvalue weighted by Gasteiger charge is 2.16. The molecule has 104 valence electrons. The van der Waals surface area contributed by atoms with E-state index in [1.165, 1.54) is 6.07 Å². The Kier molecular flexibility index (Phi) is 4.24. The van der Waals surface area contributed by atoms with Gasteiger partial charge in [0.2, 0.25) is 0 Å². The molecule has 2 aromatic rings. The molecule has 0 saturated carbocycles. The van der Waals surface area contributed by atoms with Crippen molar-refractivity contribution >= 4 is 17.4 Å². The zero-order chi connectivity index (χ0) is 14.9. The average Bonchev–Trinajstić information content (AvgIpc) is 2.33. The van der Waals surface area contributed by atoms with Gasteiger partial charge in [-0.25, -0.2) is 4.39 Å². The summed E-state index contributed by atoms with van der Waals surface area (Å²) in [7, 11) is 0. The van der Waals surface area contributed by atoms with Gasteiger partial charge in [0.1, 0.15) is 5.82 Å². The molecule has 2 aromatic carbocycles. The summed E-state index contributed by atoms with van der Waals surface area (Å²) in [5.74, 6) is -0.592. The van der Waals surface area contributed by atoms with E-state index < -0.39 is 5.82 Å². The van der Waals surface area contributed by atoms with Gasteiger partial charge in [0.25, 0.3) is 0 Å². The van der Waals surface area contributed by atoms with Crippen LogP contribution in [0.15, 0.2) is 30.3 Å². The summed E-state index contributed by atoms with van der Waals surface area (Å²) in [5.41, 5.74) is 3.98. The summed E-state index contributed by atoms with van der Waals surface area (Å²) >= 11 is 5.74. The molecule has 20 heavy (non-hydrogen) atoms. The standard InChI is InChI=1S/C17H16ClFO/c1-10-7-11(2)16(12(3)8-10)15(20)9-13-5-4-6-14(18)17(13)19/h4-8H,9H2,1-3H3. The first kappa shape index (κ1) is 14.7. The molecular formula is C17H16ClFO. The monoisotopic (exact) mass is 290 g/mol. The van der Waals surface area contributed by atoms with Crippen LogP contribution < -0.4 is 0 Å². The predicted molar refractivity (Wildman–Crippen MR) is 80.1 cm³/mol. The van der Waals surface area contributed by atoms with Crippen molar-refractivity contribution in [2.24, 2.45) is 0 Å². The average molecular weight is 291 g/mol. The third kappa shape index (κ3) is 2.91. The molecule has 0 N–H and O–H groups in total. The van der Waals surface area contributed by atoms with Gasteiger partial charge in [-0.2, -0.15) is 0 Å². The molecule has 0 saturated heterocycles. The lowest BCUT2D eigenvalue weighted by Crippen LogP contribution is -2.09. The van der Waals surface area contributed by atoms with Crippen molar-refractivity contribution in [3.8, 4) is 0 Å². The van der Waals surface area contributed by atoms with E-state index in [9.17, 15) is 9.18 Å². The Balaban J connectivity index is 2.36. The van der Waals surface area contributed by atoms with Crippen LogP contribution >= 0.6 is 11.6 Å². The van der Waals surface area contributed by atoms with Gasteiger partial charge in [0.15, 0.2) is 5.78 Å². The van der Waals surface area contributed by atoms with Crippen molar-refractivity contribution < 1.29 is 9.18 Å². The molecule has 0 fully saturated rings. The van der Waals surface area contributed by atoms with E-state index in [2.05, 4.69) is 0 Å². The maximum Gasteiger partial charge on any atom is 0.167 e. The Labute approximate surface area is 123 Å². The fourth-order valence-corrected chi connectivity index (χ4v) is 2.76. The summed E-state index contributed by atoms with van der Waals surface area (Å²) < 4.78 is 13.9. The predicted octanol–water partition coefficient (Wildman–Crippen LogP) is 4.83. The lowest BCUT2D eigenvalue weighted by Gasteiger charge is -2.11. The lowest BCUT2D eigenvalue weighted by atomic mass is 9.93. The minimum atomic E-state index is -0.509. The molecule has 2 rings (SSSR count). The minimum Gasteiger partial charge on any atom is -0.294 e.